The Kier molecular flexibility index (Phi) is 5.15. The first-order chi connectivity index (χ1) is 13.5. The Balaban J connectivity index is 1.50. The number of nitrogens with zero attached hydrogens (tertiary/aromatic N) is 4. The number of rotatable bonds is 3. The van der Waals surface area contributed by atoms with Crippen LogP contribution in [0.5, 0.6) is 0 Å². The molecule has 28 heavy (non-hydrogen) atoms. The summed E-state index contributed by atoms with van der Waals surface area (Å²) in [5.41, 5.74) is 1.30. The van der Waals surface area contributed by atoms with Gasteiger partial charge in [-0.15, -0.1) is 0 Å². The summed E-state index contributed by atoms with van der Waals surface area (Å²) in [5.74, 6) is -0.130. The zero-order valence-electron chi connectivity index (χ0n) is 15.6. The number of carbonyl (C=O) groups excluding carboxylic acids is 1. The van der Waals surface area contributed by atoms with Gasteiger partial charge in [-0.3, -0.25) is 14.5 Å². The second kappa shape index (κ2) is 7.73. The minimum absolute atomic E-state index is 0.130. The van der Waals surface area contributed by atoms with Crippen molar-refractivity contribution in [3.63, 3.8) is 0 Å². The van der Waals surface area contributed by atoms with Crippen LogP contribution in [0.1, 0.15) is 16.1 Å². The van der Waals surface area contributed by atoms with Gasteiger partial charge in [0.1, 0.15) is 0 Å². The molecular weight excluding hydrogens is 376 g/mol. The normalized spacial score (nSPS) is 15.1. The van der Waals surface area contributed by atoms with Crippen LogP contribution >= 0.6 is 11.6 Å². The van der Waals surface area contributed by atoms with Gasteiger partial charge in [-0.2, -0.15) is 5.10 Å². The molecule has 4 rings (SSSR count). The van der Waals surface area contributed by atoms with Crippen LogP contribution in [-0.2, 0) is 13.6 Å². The number of halogens is 1. The summed E-state index contributed by atoms with van der Waals surface area (Å²) in [4.78, 5) is 29.5. The molecule has 1 saturated heterocycles. The Bertz CT molecular complexity index is 1090. The molecule has 3 aromatic rings. The molecule has 2 heterocycles. The maximum Gasteiger partial charge on any atom is 0.275 e. The van der Waals surface area contributed by atoms with Crippen LogP contribution in [0, 0.1) is 0 Å². The first-order valence-corrected chi connectivity index (χ1v) is 9.63. The summed E-state index contributed by atoms with van der Waals surface area (Å²) >= 11 is 6.06. The molecule has 1 aromatic heterocycles. The molecule has 0 spiro atoms. The highest BCUT2D eigenvalue weighted by molar-refractivity contribution is 6.30. The van der Waals surface area contributed by atoms with Gasteiger partial charge in [-0.1, -0.05) is 41.9 Å². The molecule has 7 heteroatoms. The molecule has 1 aliphatic rings. The van der Waals surface area contributed by atoms with Gasteiger partial charge in [0, 0.05) is 50.2 Å². The fraction of sp³-hybridized carbons (Fsp3) is 0.286. The average molecular weight is 397 g/mol. The molecule has 6 nitrogen and oxygen atoms in total. The summed E-state index contributed by atoms with van der Waals surface area (Å²) in [7, 11) is 1.58. The SMILES string of the molecule is Cn1nc(C(=O)N2CCN(Cc3cccc(Cl)c3)CC2)c2ccccc2c1=O. The van der Waals surface area contributed by atoms with E-state index in [1.54, 1.807) is 25.2 Å². The van der Waals surface area contributed by atoms with Crippen LogP contribution in [0.2, 0.25) is 5.02 Å². The topological polar surface area (TPSA) is 58.4 Å². The van der Waals surface area contributed by atoms with Gasteiger partial charge in [-0.05, 0) is 23.8 Å². The predicted molar refractivity (Wildman–Crippen MR) is 110 cm³/mol. The van der Waals surface area contributed by atoms with Crippen molar-refractivity contribution in [3.8, 4) is 0 Å². The van der Waals surface area contributed by atoms with Gasteiger partial charge in [0.2, 0.25) is 0 Å². The Morgan fingerprint density at radius 1 is 1.04 bits per heavy atom. The van der Waals surface area contributed by atoms with Crippen molar-refractivity contribution in [3.05, 3.63) is 75.2 Å². The number of hydrogen-bond donors (Lipinski definition) is 0. The summed E-state index contributed by atoms with van der Waals surface area (Å²) in [5, 5.41) is 6.12. The molecule has 0 aliphatic carbocycles. The van der Waals surface area contributed by atoms with Crippen molar-refractivity contribution in [1.29, 1.82) is 0 Å². The standard InChI is InChI=1S/C21H21ClN4O2/c1-24-20(27)18-8-3-2-7-17(18)19(23-24)21(28)26-11-9-25(10-12-26)14-15-5-4-6-16(22)13-15/h2-8,13H,9-12,14H2,1H3. The van der Waals surface area contributed by atoms with Crippen molar-refractivity contribution in [2.75, 3.05) is 26.2 Å². The van der Waals surface area contributed by atoms with Crippen molar-refractivity contribution in [1.82, 2.24) is 19.6 Å². The largest absolute Gasteiger partial charge is 0.335 e. The van der Waals surface area contributed by atoms with Crippen molar-refractivity contribution in [2.45, 2.75) is 6.54 Å². The highest BCUT2D eigenvalue weighted by Gasteiger charge is 2.25. The number of benzene rings is 2. The highest BCUT2D eigenvalue weighted by Crippen LogP contribution is 2.18. The number of aryl methyl sites for hydroxylation is 1. The van der Waals surface area contributed by atoms with E-state index in [0.29, 0.717) is 29.6 Å². The van der Waals surface area contributed by atoms with E-state index in [2.05, 4.69) is 16.1 Å². The first kappa shape index (κ1) is 18.7. The van der Waals surface area contributed by atoms with Gasteiger partial charge in [0.05, 0.1) is 5.39 Å². The van der Waals surface area contributed by atoms with E-state index in [1.165, 1.54) is 4.68 Å². The lowest BCUT2D eigenvalue weighted by atomic mass is 10.1. The minimum Gasteiger partial charge on any atom is -0.335 e. The van der Waals surface area contributed by atoms with E-state index in [1.807, 2.05) is 29.2 Å². The minimum atomic E-state index is -0.196. The van der Waals surface area contributed by atoms with Crippen LogP contribution in [0.3, 0.4) is 0 Å². The zero-order valence-corrected chi connectivity index (χ0v) is 16.4. The molecule has 0 radical (unpaired) electrons. The zero-order chi connectivity index (χ0) is 19.7. The lowest BCUT2D eigenvalue weighted by Crippen LogP contribution is -2.48. The van der Waals surface area contributed by atoms with Gasteiger partial charge in [0.25, 0.3) is 11.5 Å². The van der Waals surface area contributed by atoms with E-state index in [4.69, 9.17) is 11.6 Å². The van der Waals surface area contributed by atoms with E-state index < -0.39 is 0 Å². The molecule has 0 unspecified atom stereocenters. The molecule has 1 fully saturated rings. The lowest BCUT2D eigenvalue weighted by molar-refractivity contribution is 0.0622. The lowest BCUT2D eigenvalue weighted by Gasteiger charge is -2.34. The molecule has 144 valence electrons. The molecule has 1 aliphatic heterocycles. The number of hydrogen-bond acceptors (Lipinski definition) is 4. The van der Waals surface area contributed by atoms with Crippen LogP contribution in [0.15, 0.2) is 53.3 Å². The second-order valence-corrected chi connectivity index (χ2v) is 7.46. The Labute approximate surface area is 167 Å². The molecular formula is C21H21ClN4O2. The summed E-state index contributed by atoms with van der Waals surface area (Å²) in [6.45, 7) is 3.62. The third kappa shape index (κ3) is 3.66. The van der Waals surface area contributed by atoms with E-state index >= 15 is 0 Å². The van der Waals surface area contributed by atoms with Crippen LogP contribution < -0.4 is 5.56 Å². The number of carbonyl (C=O) groups is 1. The van der Waals surface area contributed by atoms with E-state index in [-0.39, 0.29) is 11.5 Å². The van der Waals surface area contributed by atoms with Gasteiger partial charge in [0.15, 0.2) is 5.69 Å². The number of piperazine rings is 1. The quantitative estimate of drug-likeness (QED) is 0.682. The molecule has 0 atom stereocenters. The summed E-state index contributed by atoms with van der Waals surface area (Å²) in [6, 6.07) is 15.0. The Morgan fingerprint density at radius 2 is 1.75 bits per heavy atom. The van der Waals surface area contributed by atoms with Gasteiger partial charge < -0.3 is 4.90 Å². The monoisotopic (exact) mass is 396 g/mol. The molecule has 0 saturated carbocycles. The fourth-order valence-electron chi connectivity index (χ4n) is 3.61. The van der Waals surface area contributed by atoms with Crippen molar-refractivity contribution < 1.29 is 4.79 Å². The Morgan fingerprint density at radius 3 is 2.46 bits per heavy atom. The molecule has 0 bridgehead atoms. The predicted octanol–water partition coefficient (Wildman–Crippen LogP) is 2.54. The summed E-state index contributed by atoms with van der Waals surface area (Å²) in [6.07, 6.45) is 0. The molecule has 2 aromatic carbocycles. The number of amides is 1. The smallest absolute Gasteiger partial charge is 0.275 e. The fourth-order valence-corrected chi connectivity index (χ4v) is 3.82. The van der Waals surface area contributed by atoms with Crippen LogP contribution in [0.25, 0.3) is 10.8 Å². The summed E-state index contributed by atoms with van der Waals surface area (Å²) < 4.78 is 1.24. The Hall–Kier alpha value is -2.70. The van der Waals surface area contributed by atoms with Gasteiger partial charge >= 0.3 is 0 Å². The average Bonchev–Trinajstić information content (AvgIpc) is 2.71. The van der Waals surface area contributed by atoms with Crippen molar-refractivity contribution >= 4 is 28.3 Å². The highest BCUT2D eigenvalue weighted by atomic mass is 35.5. The van der Waals surface area contributed by atoms with E-state index in [9.17, 15) is 9.59 Å². The number of fused-ring (bicyclic) bond motifs is 1. The maximum atomic E-state index is 13.1. The van der Waals surface area contributed by atoms with Crippen LogP contribution in [0.4, 0.5) is 0 Å². The third-order valence-electron chi connectivity index (χ3n) is 5.11. The molecule has 0 N–H and O–H groups in total. The van der Waals surface area contributed by atoms with Gasteiger partial charge in [-0.25, -0.2) is 4.68 Å². The third-order valence-corrected chi connectivity index (χ3v) is 5.35. The van der Waals surface area contributed by atoms with E-state index in [0.717, 1.165) is 30.2 Å². The van der Waals surface area contributed by atoms with Crippen LogP contribution in [-0.4, -0.2) is 51.7 Å². The van der Waals surface area contributed by atoms with Crippen molar-refractivity contribution in [2.24, 2.45) is 7.05 Å². The maximum absolute atomic E-state index is 13.1. The number of aromatic nitrogens is 2. The molecule has 1 amide bonds. The first-order valence-electron chi connectivity index (χ1n) is 9.25. The second-order valence-electron chi connectivity index (χ2n) is 7.02.